The third-order valence-corrected chi connectivity index (χ3v) is 2.93. The van der Waals surface area contributed by atoms with Gasteiger partial charge < -0.3 is 5.73 Å². The summed E-state index contributed by atoms with van der Waals surface area (Å²) in [4.78, 5) is 0. The van der Waals surface area contributed by atoms with Crippen molar-refractivity contribution in [2.75, 3.05) is 6.54 Å². The first-order chi connectivity index (χ1) is 8.31. The first-order valence-electron chi connectivity index (χ1n) is 5.81. The lowest BCUT2D eigenvalue weighted by atomic mass is 9.89. The van der Waals surface area contributed by atoms with E-state index < -0.39 is 0 Å². The molecule has 1 nitrogen and oxygen atoms in total. The molecule has 0 aliphatic heterocycles. The molecule has 17 heavy (non-hydrogen) atoms. The number of hydrogen-bond donors (Lipinski definition) is 1. The Kier molecular flexibility index (Phi) is 3.89. The van der Waals surface area contributed by atoms with Gasteiger partial charge in [-0.15, -0.1) is 0 Å². The summed E-state index contributed by atoms with van der Waals surface area (Å²) < 4.78 is 12.9. The highest BCUT2D eigenvalue weighted by Gasteiger charge is 2.12. The van der Waals surface area contributed by atoms with E-state index in [1.54, 1.807) is 0 Å². The molecule has 0 radical (unpaired) electrons. The van der Waals surface area contributed by atoms with Crippen molar-refractivity contribution in [1.29, 1.82) is 0 Å². The molecule has 1 unspecified atom stereocenters. The maximum Gasteiger partial charge on any atom is 0.123 e. The Morgan fingerprint density at radius 3 is 2.06 bits per heavy atom. The van der Waals surface area contributed by atoms with Crippen molar-refractivity contribution in [1.82, 2.24) is 0 Å². The van der Waals surface area contributed by atoms with E-state index in [4.69, 9.17) is 5.73 Å². The van der Waals surface area contributed by atoms with Crippen LogP contribution in [0.25, 0.3) is 0 Å². The van der Waals surface area contributed by atoms with Crippen LogP contribution < -0.4 is 5.73 Å². The lowest BCUT2D eigenvalue weighted by Gasteiger charge is -2.17. The average Bonchev–Trinajstić information content (AvgIpc) is 2.38. The Labute approximate surface area is 101 Å². The molecule has 2 rings (SSSR count). The minimum Gasteiger partial charge on any atom is -0.330 e. The highest BCUT2D eigenvalue weighted by atomic mass is 19.1. The highest BCUT2D eigenvalue weighted by molar-refractivity contribution is 5.32. The van der Waals surface area contributed by atoms with Gasteiger partial charge in [-0.05, 0) is 36.2 Å². The van der Waals surface area contributed by atoms with Gasteiger partial charge in [-0.2, -0.15) is 0 Å². The van der Waals surface area contributed by atoms with Crippen LogP contribution in [0.5, 0.6) is 0 Å². The summed E-state index contributed by atoms with van der Waals surface area (Å²) >= 11 is 0. The fourth-order valence-corrected chi connectivity index (χ4v) is 2.07. The van der Waals surface area contributed by atoms with Crippen molar-refractivity contribution < 1.29 is 4.39 Å². The van der Waals surface area contributed by atoms with E-state index >= 15 is 0 Å². The van der Waals surface area contributed by atoms with Crippen LogP contribution in [0.4, 0.5) is 4.39 Å². The van der Waals surface area contributed by atoms with Crippen LogP contribution in [0.2, 0.25) is 0 Å². The quantitative estimate of drug-likeness (QED) is 0.855. The second-order valence-corrected chi connectivity index (χ2v) is 4.09. The Bertz CT molecular complexity index is 450. The molecular formula is C15H16FN. The van der Waals surface area contributed by atoms with Crippen molar-refractivity contribution in [3.8, 4) is 0 Å². The van der Waals surface area contributed by atoms with E-state index in [0.717, 1.165) is 12.0 Å². The number of benzene rings is 2. The van der Waals surface area contributed by atoms with Gasteiger partial charge in [0.25, 0.3) is 0 Å². The van der Waals surface area contributed by atoms with Crippen LogP contribution >= 0.6 is 0 Å². The number of rotatable bonds is 4. The van der Waals surface area contributed by atoms with Gasteiger partial charge in [0.05, 0.1) is 0 Å². The van der Waals surface area contributed by atoms with Crippen LogP contribution in [0.1, 0.15) is 23.5 Å². The zero-order valence-electron chi connectivity index (χ0n) is 9.64. The zero-order chi connectivity index (χ0) is 12.1. The van der Waals surface area contributed by atoms with Crippen molar-refractivity contribution in [2.45, 2.75) is 12.3 Å². The standard InChI is InChI=1S/C15H16FN/c16-14-8-6-13(7-9-14)15(10-11-17)12-4-2-1-3-5-12/h1-9,15H,10-11,17H2. The topological polar surface area (TPSA) is 26.0 Å². The molecular weight excluding hydrogens is 213 g/mol. The van der Waals surface area contributed by atoms with E-state index in [1.807, 2.05) is 30.3 Å². The predicted octanol–water partition coefficient (Wildman–Crippen LogP) is 3.31. The summed E-state index contributed by atoms with van der Waals surface area (Å²) in [6.07, 6.45) is 0.871. The van der Waals surface area contributed by atoms with Crippen molar-refractivity contribution in [3.05, 3.63) is 71.5 Å². The molecule has 0 heterocycles. The summed E-state index contributed by atoms with van der Waals surface area (Å²) in [6.45, 7) is 0.622. The molecule has 0 aliphatic carbocycles. The van der Waals surface area contributed by atoms with Gasteiger partial charge in [0, 0.05) is 5.92 Å². The molecule has 1 atom stereocenters. The van der Waals surface area contributed by atoms with E-state index in [-0.39, 0.29) is 11.7 Å². The van der Waals surface area contributed by atoms with Crippen molar-refractivity contribution in [2.24, 2.45) is 5.73 Å². The molecule has 2 aromatic rings. The van der Waals surface area contributed by atoms with Gasteiger partial charge in [-0.3, -0.25) is 0 Å². The maximum absolute atomic E-state index is 12.9. The van der Waals surface area contributed by atoms with Gasteiger partial charge in [0.2, 0.25) is 0 Å². The molecule has 0 aliphatic rings. The third-order valence-electron chi connectivity index (χ3n) is 2.93. The van der Waals surface area contributed by atoms with Crippen LogP contribution in [-0.2, 0) is 0 Å². The number of hydrogen-bond acceptors (Lipinski definition) is 1. The molecule has 2 heteroatoms. The first-order valence-corrected chi connectivity index (χ1v) is 5.81. The molecule has 0 saturated heterocycles. The van der Waals surface area contributed by atoms with Gasteiger partial charge in [-0.1, -0.05) is 42.5 Å². The molecule has 2 N–H and O–H groups in total. The lowest BCUT2D eigenvalue weighted by molar-refractivity contribution is 0.625. The van der Waals surface area contributed by atoms with Crippen LogP contribution in [-0.4, -0.2) is 6.54 Å². The second kappa shape index (κ2) is 5.60. The van der Waals surface area contributed by atoms with Crippen LogP contribution in [0, 0.1) is 5.82 Å². The van der Waals surface area contributed by atoms with Crippen LogP contribution in [0.15, 0.2) is 54.6 Å². The molecule has 0 spiro atoms. The maximum atomic E-state index is 12.9. The van der Waals surface area contributed by atoms with Gasteiger partial charge in [-0.25, -0.2) is 4.39 Å². The molecule has 2 aromatic carbocycles. The summed E-state index contributed by atoms with van der Waals surface area (Å²) in [5.41, 5.74) is 8.00. The third kappa shape index (κ3) is 2.92. The lowest BCUT2D eigenvalue weighted by Crippen LogP contribution is -2.08. The Hall–Kier alpha value is -1.67. The summed E-state index contributed by atoms with van der Waals surface area (Å²) in [5, 5.41) is 0. The molecule has 88 valence electrons. The largest absolute Gasteiger partial charge is 0.330 e. The fraction of sp³-hybridized carbons (Fsp3) is 0.200. The Morgan fingerprint density at radius 2 is 1.47 bits per heavy atom. The summed E-state index contributed by atoms with van der Waals surface area (Å²) in [6, 6.07) is 16.9. The average molecular weight is 229 g/mol. The van der Waals surface area contributed by atoms with Gasteiger partial charge >= 0.3 is 0 Å². The second-order valence-electron chi connectivity index (χ2n) is 4.09. The summed E-state index contributed by atoms with van der Waals surface area (Å²) in [5.74, 6) is 0.0510. The van der Waals surface area contributed by atoms with E-state index in [9.17, 15) is 4.39 Å². The number of nitrogens with two attached hydrogens (primary N) is 1. The molecule has 0 saturated carbocycles. The number of halogens is 1. The van der Waals surface area contributed by atoms with E-state index in [0.29, 0.717) is 6.54 Å². The smallest absolute Gasteiger partial charge is 0.123 e. The van der Waals surface area contributed by atoms with Crippen molar-refractivity contribution in [3.63, 3.8) is 0 Å². The normalized spacial score (nSPS) is 12.4. The minimum atomic E-state index is -0.201. The minimum absolute atomic E-state index is 0.201. The monoisotopic (exact) mass is 229 g/mol. The molecule has 0 fully saturated rings. The summed E-state index contributed by atoms with van der Waals surface area (Å²) in [7, 11) is 0. The fourth-order valence-electron chi connectivity index (χ4n) is 2.07. The Balaban J connectivity index is 2.32. The molecule has 0 aromatic heterocycles. The molecule has 0 bridgehead atoms. The van der Waals surface area contributed by atoms with Gasteiger partial charge in [0.15, 0.2) is 0 Å². The van der Waals surface area contributed by atoms with Gasteiger partial charge in [0.1, 0.15) is 5.82 Å². The van der Waals surface area contributed by atoms with E-state index in [1.165, 1.54) is 17.7 Å². The predicted molar refractivity (Wildman–Crippen MR) is 68.4 cm³/mol. The Morgan fingerprint density at radius 1 is 0.882 bits per heavy atom. The van der Waals surface area contributed by atoms with E-state index in [2.05, 4.69) is 12.1 Å². The highest BCUT2D eigenvalue weighted by Crippen LogP contribution is 2.27. The zero-order valence-corrected chi connectivity index (χ0v) is 9.64. The molecule has 0 amide bonds. The SMILES string of the molecule is NCCC(c1ccccc1)c1ccc(F)cc1. The van der Waals surface area contributed by atoms with Crippen LogP contribution in [0.3, 0.4) is 0 Å². The first kappa shape index (κ1) is 11.8. The van der Waals surface area contributed by atoms with Crippen molar-refractivity contribution >= 4 is 0 Å².